The minimum absolute atomic E-state index is 0.103. The standard InChI is InChI=1S/C17H25N3O5S/c1-25-15-6-4-3-5-13(15)7-8-16(21)18-10-12-20-11-9-14(17(20)22)19-26(2,23)24/h3-6,14,19H,7-12H2,1-2H3,(H,18,21). The number of amides is 2. The second-order valence-electron chi connectivity index (χ2n) is 6.22. The van der Waals surface area contributed by atoms with Crippen LogP contribution in [0.2, 0.25) is 0 Å². The molecule has 0 saturated carbocycles. The normalized spacial score (nSPS) is 17.4. The zero-order valence-corrected chi connectivity index (χ0v) is 15.8. The van der Waals surface area contributed by atoms with Crippen LogP contribution >= 0.6 is 0 Å². The summed E-state index contributed by atoms with van der Waals surface area (Å²) in [6, 6.07) is 6.85. The third-order valence-corrected chi connectivity index (χ3v) is 4.88. The second-order valence-corrected chi connectivity index (χ2v) is 8.00. The van der Waals surface area contributed by atoms with Gasteiger partial charge in [0.1, 0.15) is 11.8 Å². The highest BCUT2D eigenvalue weighted by molar-refractivity contribution is 7.88. The fourth-order valence-corrected chi connectivity index (χ4v) is 3.64. The first kappa shape index (κ1) is 20.2. The van der Waals surface area contributed by atoms with Gasteiger partial charge in [-0.25, -0.2) is 13.1 Å². The van der Waals surface area contributed by atoms with Crippen molar-refractivity contribution in [3.8, 4) is 5.75 Å². The van der Waals surface area contributed by atoms with E-state index in [1.807, 2.05) is 24.3 Å². The Morgan fingerprint density at radius 1 is 1.35 bits per heavy atom. The SMILES string of the molecule is COc1ccccc1CCC(=O)NCCN1CCC(NS(C)(=O)=O)C1=O. The lowest BCUT2D eigenvalue weighted by molar-refractivity contribution is -0.129. The van der Waals surface area contributed by atoms with Gasteiger partial charge >= 0.3 is 0 Å². The number of hydrogen-bond acceptors (Lipinski definition) is 5. The molecule has 1 saturated heterocycles. The van der Waals surface area contributed by atoms with Gasteiger partial charge in [-0.1, -0.05) is 18.2 Å². The quantitative estimate of drug-likeness (QED) is 0.619. The lowest BCUT2D eigenvalue weighted by Gasteiger charge is -2.17. The summed E-state index contributed by atoms with van der Waals surface area (Å²) in [5, 5.41) is 2.79. The molecule has 2 rings (SSSR count). The van der Waals surface area contributed by atoms with E-state index in [9.17, 15) is 18.0 Å². The predicted octanol–water partition coefficient (Wildman–Crippen LogP) is -0.106. The number of hydrogen-bond donors (Lipinski definition) is 2. The summed E-state index contributed by atoms with van der Waals surface area (Å²) in [4.78, 5) is 25.6. The number of rotatable bonds is 9. The minimum Gasteiger partial charge on any atom is -0.496 e. The Morgan fingerprint density at radius 3 is 2.77 bits per heavy atom. The molecule has 1 aliphatic heterocycles. The van der Waals surface area contributed by atoms with Crippen LogP contribution in [0.5, 0.6) is 5.75 Å². The molecular formula is C17H25N3O5S. The first-order valence-corrected chi connectivity index (χ1v) is 10.3. The fourth-order valence-electron chi connectivity index (χ4n) is 2.91. The molecule has 2 N–H and O–H groups in total. The monoisotopic (exact) mass is 383 g/mol. The van der Waals surface area contributed by atoms with Crippen LogP contribution in [0, 0.1) is 0 Å². The van der Waals surface area contributed by atoms with E-state index in [-0.39, 0.29) is 11.8 Å². The van der Waals surface area contributed by atoms with E-state index in [0.717, 1.165) is 17.6 Å². The highest BCUT2D eigenvalue weighted by atomic mass is 32.2. The average Bonchev–Trinajstić information content (AvgIpc) is 2.92. The van der Waals surface area contributed by atoms with Crippen molar-refractivity contribution in [1.29, 1.82) is 0 Å². The maximum atomic E-state index is 12.1. The summed E-state index contributed by atoms with van der Waals surface area (Å²) in [5.74, 6) is 0.402. The molecule has 1 aromatic carbocycles. The van der Waals surface area contributed by atoms with Crippen LogP contribution in [0.4, 0.5) is 0 Å². The van der Waals surface area contributed by atoms with Crippen molar-refractivity contribution in [2.75, 3.05) is 33.0 Å². The number of nitrogens with zero attached hydrogens (tertiary/aromatic N) is 1. The molecular weight excluding hydrogens is 358 g/mol. The fraction of sp³-hybridized carbons (Fsp3) is 0.529. The molecule has 1 aromatic rings. The van der Waals surface area contributed by atoms with Gasteiger partial charge in [0.2, 0.25) is 21.8 Å². The molecule has 1 fully saturated rings. The van der Waals surface area contributed by atoms with Crippen LogP contribution in [0.3, 0.4) is 0 Å². The number of nitrogens with one attached hydrogen (secondary N) is 2. The predicted molar refractivity (Wildman–Crippen MR) is 97.3 cm³/mol. The van der Waals surface area contributed by atoms with Crippen LogP contribution in [0.25, 0.3) is 0 Å². The topological polar surface area (TPSA) is 105 Å². The first-order valence-electron chi connectivity index (χ1n) is 8.45. The Bertz CT molecular complexity index is 751. The molecule has 144 valence electrons. The molecule has 0 spiro atoms. The minimum atomic E-state index is -3.41. The lowest BCUT2D eigenvalue weighted by Crippen LogP contribution is -2.43. The molecule has 0 aliphatic carbocycles. The number of carbonyl (C=O) groups is 2. The third-order valence-electron chi connectivity index (χ3n) is 4.17. The highest BCUT2D eigenvalue weighted by Crippen LogP contribution is 2.18. The van der Waals surface area contributed by atoms with Crippen molar-refractivity contribution < 1.29 is 22.7 Å². The third kappa shape index (κ3) is 5.99. The second kappa shape index (κ2) is 9.00. The maximum Gasteiger partial charge on any atom is 0.240 e. The molecule has 9 heteroatoms. The number of carbonyl (C=O) groups excluding carboxylic acids is 2. The molecule has 1 heterocycles. The zero-order chi connectivity index (χ0) is 19.2. The molecule has 0 aromatic heterocycles. The van der Waals surface area contributed by atoms with E-state index in [0.29, 0.717) is 38.9 Å². The Kier molecular flexibility index (Phi) is 6.98. The van der Waals surface area contributed by atoms with E-state index < -0.39 is 16.1 Å². The summed E-state index contributed by atoms with van der Waals surface area (Å²) in [7, 11) is -1.82. The Hall–Kier alpha value is -2.13. The van der Waals surface area contributed by atoms with Crippen LogP contribution < -0.4 is 14.8 Å². The first-order chi connectivity index (χ1) is 12.3. The van der Waals surface area contributed by atoms with E-state index in [2.05, 4.69) is 10.0 Å². The van der Waals surface area contributed by atoms with Crippen molar-refractivity contribution in [3.05, 3.63) is 29.8 Å². The van der Waals surface area contributed by atoms with Gasteiger partial charge in [0, 0.05) is 26.1 Å². The van der Waals surface area contributed by atoms with Crippen LogP contribution in [-0.2, 0) is 26.0 Å². The van der Waals surface area contributed by atoms with E-state index in [1.165, 1.54) is 0 Å². The molecule has 1 aliphatic rings. The lowest BCUT2D eigenvalue weighted by atomic mass is 10.1. The smallest absolute Gasteiger partial charge is 0.240 e. The Morgan fingerprint density at radius 2 is 2.08 bits per heavy atom. The molecule has 1 unspecified atom stereocenters. The van der Waals surface area contributed by atoms with Gasteiger partial charge in [0.05, 0.1) is 13.4 Å². The molecule has 0 bridgehead atoms. The van der Waals surface area contributed by atoms with Crippen molar-refractivity contribution in [2.24, 2.45) is 0 Å². The zero-order valence-electron chi connectivity index (χ0n) is 15.0. The van der Waals surface area contributed by atoms with E-state index in [4.69, 9.17) is 4.74 Å². The van der Waals surface area contributed by atoms with Crippen molar-refractivity contribution in [2.45, 2.75) is 25.3 Å². The number of ether oxygens (including phenoxy) is 1. The van der Waals surface area contributed by atoms with E-state index >= 15 is 0 Å². The summed E-state index contributed by atoms with van der Waals surface area (Å²) in [5.41, 5.74) is 0.967. The molecule has 8 nitrogen and oxygen atoms in total. The average molecular weight is 383 g/mol. The highest BCUT2D eigenvalue weighted by Gasteiger charge is 2.32. The number of likely N-dealkylation sites (tertiary alicyclic amines) is 1. The van der Waals surface area contributed by atoms with Crippen molar-refractivity contribution in [1.82, 2.24) is 14.9 Å². The van der Waals surface area contributed by atoms with Crippen LogP contribution in [0.1, 0.15) is 18.4 Å². The van der Waals surface area contributed by atoms with Gasteiger partial charge in [0.25, 0.3) is 0 Å². The van der Waals surface area contributed by atoms with Crippen LogP contribution in [0.15, 0.2) is 24.3 Å². The van der Waals surface area contributed by atoms with Gasteiger partial charge in [-0.3, -0.25) is 9.59 Å². The largest absolute Gasteiger partial charge is 0.496 e. The summed E-state index contributed by atoms with van der Waals surface area (Å²) < 4.78 is 30.0. The van der Waals surface area contributed by atoms with Gasteiger partial charge in [-0.05, 0) is 24.5 Å². The maximum absolute atomic E-state index is 12.1. The van der Waals surface area contributed by atoms with Gasteiger partial charge in [-0.15, -0.1) is 0 Å². The number of methoxy groups -OCH3 is 1. The summed E-state index contributed by atoms with van der Waals surface area (Å²) in [6.45, 7) is 1.17. The summed E-state index contributed by atoms with van der Waals surface area (Å²) >= 11 is 0. The van der Waals surface area contributed by atoms with Crippen molar-refractivity contribution >= 4 is 21.8 Å². The molecule has 26 heavy (non-hydrogen) atoms. The summed E-state index contributed by atoms with van der Waals surface area (Å²) in [6.07, 6.45) is 2.37. The van der Waals surface area contributed by atoms with Crippen LogP contribution in [-0.4, -0.2) is 64.2 Å². The van der Waals surface area contributed by atoms with Gasteiger partial charge in [-0.2, -0.15) is 0 Å². The Labute approximate surface area is 153 Å². The molecule has 1 atom stereocenters. The van der Waals surface area contributed by atoms with Crippen molar-refractivity contribution in [3.63, 3.8) is 0 Å². The molecule has 0 radical (unpaired) electrons. The van der Waals surface area contributed by atoms with E-state index in [1.54, 1.807) is 12.0 Å². The number of para-hydroxylation sites is 1. The molecule has 2 amide bonds. The van der Waals surface area contributed by atoms with Gasteiger partial charge < -0.3 is 15.0 Å². The Balaban J connectivity index is 1.71. The number of sulfonamides is 1. The number of aryl methyl sites for hydroxylation is 1. The van der Waals surface area contributed by atoms with Gasteiger partial charge in [0.15, 0.2) is 0 Å². The number of benzene rings is 1.